The van der Waals surface area contributed by atoms with Gasteiger partial charge in [0.05, 0.1) is 7.11 Å². The summed E-state index contributed by atoms with van der Waals surface area (Å²) in [6, 6.07) is 4.13. The van der Waals surface area contributed by atoms with Gasteiger partial charge < -0.3 is 25.2 Å². The number of nitrogens with zero attached hydrogens (tertiary/aromatic N) is 1. The van der Waals surface area contributed by atoms with Crippen molar-refractivity contribution in [1.29, 1.82) is 0 Å². The van der Waals surface area contributed by atoms with Gasteiger partial charge >= 0.3 is 12.1 Å². The van der Waals surface area contributed by atoms with Crippen molar-refractivity contribution in [3.63, 3.8) is 0 Å². The second-order valence-corrected chi connectivity index (χ2v) is 9.55. The van der Waals surface area contributed by atoms with E-state index in [1.165, 1.54) is 37.1 Å². The maximum atomic E-state index is 13.5. The molecule has 192 valence electrons. The summed E-state index contributed by atoms with van der Waals surface area (Å²) in [6.07, 6.45) is 6.95. The summed E-state index contributed by atoms with van der Waals surface area (Å²) in [4.78, 5) is 51.5. The average molecular weight is 508 g/mol. The highest BCUT2D eigenvalue weighted by Gasteiger charge is 2.36. The molecule has 0 spiro atoms. The number of carbonyl (C=O) groups excluding carboxylic acids is 4. The number of rotatable bonds is 10. The highest BCUT2D eigenvalue weighted by molar-refractivity contribution is 7.98. The normalized spacial score (nSPS) is 12.5. The van der Waals surface area contributed by atoms with E-state index >= 15 is 0 Å². The Labute approximate surface area is 210 Å². The van der Waals surface area contributed by atoms with Crippen LogP contribution in [0.2, 0.25) is 0 Å². The van der Waals surface area contributed by atoms with Crippen LogP contribution in [0.3, 0.4) is 0 Å². The second kappa shape index (κ2) is 13.5. The molecule has 1 aromatic rings. The van der Waals surface area contributed by atoms with Gasteiger partial charge in [0.25, 0.3) is 5.91 Å². The fraction of sp³-hybridized carbons (Fsp3) is 0.500. The van der Waals surface area contributed by atoms with Crippen molar-refractivity contribution in [3.05, 3.63) is 29.3 Å². The van der Waals surface area contributed by atoms with E-state index in [-0.39, 0.29) is 12.2 Å². The molecule has 2 unspecified atom stereocenters. The van der Waals surface area contributed by atoms with Crippen LogP contribution < -0.4 is 10.6 Å². The molecule has 2 atom stereocenters. The molecule has 1 rings (SSSR count). The first kappa shape index (κ1) is 29.6. The van der Waals surface area contributed by atoms with Gasteiger partial charge in [0.2, 0.25) is 5.91 Å². The van der Waals surface area contributed by atoms with Crippen LogP contribution in [0.1, 0.15) is 44.4 Å². The van der Waals surface area contributed by atoms with Gasteiger partial charge in [-0.15, -0.1) is 0 Å². The van der Waals surface area contributed by atoms with Crippen LogP contribution in [-0.2, 0) is 23.9 Å². The summed E-state index contributed by atoms with van der Waals surface area (Å²) in [5, 5.41) is 14.9. The van der Waals surface area contributed by atoms with E-state index in [9.17, 15) is 24.3 Å². The van der Waals surface area contributed by atoms with E-state index in [0.717, 1.165) is 4.90 Å². The van der Waals surface area contributed by atoms with Crippen LogP contribution in [0.15, 0.2) is 18.2 Å². The molecule has 35 heavy (non-hydrogen) atoms. The summed E-state index contributed by atoms with van der Waals surface area (Å²) >= 11 is 1.46. The number of aromatic hydroxyl groups is 1. The maximum absolute atomic E-state index is 13.5. The molecule has 0 fully saturated rings. The minimum atomic E-state index is -1.35. The molecular formula is C24H33N3O7S. The zero-order valence-corrected chi connectivity index (χ0v) is 21.7. The number of benzene rings is 1. The topological polar surface area (TPSA) is 134 Å². The van der Waals surface area contributed by atoms with Gasteiger partial charge in [0, 0.05) is 6.04 Å². The molecule has 11 heteroatoms. The van der Waals surface area contributed by atoms with Crippen molar-refractivity contribution in [2.24, 2.45) is 0 Å². The molecule has 0 bridgehead atoms. The van der Waals surface area contributed by atoms with Crippen molar-refractivity contribution >= 4 is 35.6 Å². The number of esters is 1. The van der Waals surface area contributed by atoms with Crippen LogP contribution in [0.25, 0.3) is 0 Å². The van der Waals surface area contributed by atoms with Crippen LogP contribution >= 0.6 is 11.8 Å². The van der Waals surface area contributed by atoms with Gasteiger partial charge in [-0.2, -0.15) is 11.8 Å². The smallest absolute Gasteiger partial charge is 0.408 e. The van der Waals surface area contributed by atoms with Crippen LogP contribution in [-0.4, -0.2) is 71.2 Å². The molecule has 0 aliphatic carbocycles. The van der Waals surface area contributed by atoms with E-state index in [1.807, 2.05) is 6.26 Å². The van der Waals surface area contributed by atoms with Gasteiger partial charge in [-0.3, -0.25) is 19.3 Å². The predicted molar refractivity (Wildman–Crippen MR) is 132 cm³/mol. The lowest BCUT2D eigenvalue weighted by Crippen LogP contribution is -2.52. The fourth-order valence-corrected chi connectivity index (χ4v) is 3.44. The Morgan fingerprint density at radius 3 is 2.43 bits per heavy atom. The summed E-state index contributed by atoms with van der Waals surface area (Å²) in [5.41, 5.74) is -0.0403. The number of nitrogens with one attached hydrogen (secondary N) is 2. The Kier molecular flexibility index (Phi) is 11.4. The molecule has 0 aliphatic rings. The fourth-order valence-electron chi connectivity index (χ4n) is 2.97. The molecule has 3 N–H and O–H groups in total. The number of methoxy groups -OCH3 is 1. The largest absolute Gasteiger partial charge is 0.508 e. The summed E-state index contributed by atoms with van der Waals surface area (Å²) in [5.74, 6) is -1.64. The van der Waals surface area contributed by atoms with Crippen LogP contribution in [0.5, 0.6) is 5.75 Å². The third-order valence-corrected chi connectivity index (χ3v) is 5.30. The summed E-state index contributed by atoms with van der Waals surface area (Å²) in [7, 11) is 1.17. The van der Waals surface area contributed by atoms with Crippen molar-refractivity contribution in [3.8, 4) is 18.2 Å². The number of amides is 3. The number of hydrogen-bond acceptors (Lipinski definition) is 8. The van der Waals surface area contributed by atoms with Crippen molar-refractivity contribution in [2.45, 2.75) is 51.8 Å². The molecule has 0 aliphatic heterocycles. The van der Waals surface area contributed by atoms with Crippen molar-refractivity contribution in [1.82, 2.24) is 15.5 Å². The van der Waals surface area contributed by atoms with Gasteiger partial charge in [-0.1, -0.05) is 12.5 Å². The highest BCUT2D eigenvalue weighted by Crippen LogP contribution is 2.27. The van der Waals surface area contributed by atoms with Crippen molar-refractivity contribution in [2.75, 3.05) is 25.7 Å². The molecule has 0 aromatic heterocycles. The highest BCUT2D eigenvalue weighted by atomic mass is 32.2. The minimum absolute atomic E-state index is 0.00880. The molecular weight excluding hydrogens is 474 g/mol. The number of terminal acetylenes is 1. The Morgan fingerprint density at radius 1 is 1.26 bits per heavy atom. The number of aryl methyl sites for hydroxylation is 1. The summed E-state index contributed by atoms with van der Waals surface area (Å²) < 4.78 is 9.82. The third kappa shape index (κ3) is 9.41. The quantitative estimate of drug-likeness (QED) is 0.249. The number of carbonyl (C=O) groups is 4. The monoisotopic (exact) mass is 507 g/mol. The first-order valence-corrected chi connectivity index (χ1v) is 12.2. The number of phenolic OH excluding ortho intramolecular Hbond substituents is 1. The van der Waals surface area contributed by atoms with E-state index in [4.69, 9.17) is 11.2 Å². The second-order valence-electron chi connectivity index (χ2n) is 8.56. The lowest BCUT2D eigenvalue weighted by Gasteiger charge is -2.30. The third-order valence-electron chi connectivity index (χ3n) is 4.65. The van der Waals surface area contributed by atoms with Gasteiger partial charge in [-0.05, 0) is 69.4 Å². The summed E-state index contributed by atoms with van der Waals surface area (Å²) in [6.45, 7) is 6.24. The molecule has 0 saturated carbocycles. The predicted octanol–water partition coefficient (Wildman–Crippen LogP) is 2.10. The van der Waals surface area contributed by atoms with Gasteiger partial charge in [0.15, 0.2) is 0 Å². The number of ether oxygens (including phenoxy) is 2. The van der Waals surface area contributed by atoms with Crippen LogP contribution in [0, 0.1) is 19.4 Å². The molecule has 1 aromatic carbocycles. The number of thioether (sulfide) groups is 1. The van der Waals surface area contributed by atoms with E-state index < -0.39 is 48.1 Å². The van der Waals surface area contributed by atoms with Crippen LogP contribution in [0.4, 0.5) is 4.79 Å². The number of alkyl carbamates (subject to hydrolysis) is 1. The molecule has 0 heterocycles. The first-order valence-electron chi connectivity index (χ1n) is 10.8. The van der Waals surface area contributed by atoms with E-state index in [1.54, 1.807) is 27.7 Å². The number of hydrogen-bond donors (Lipinski definition) is 3. The molecule has 10 nitrogen and oxygen atoms in total. The van der Waals surface area contributed by atoms with Gasteiger partial charge in [-0.25, -0.2) is 4.79 Å². The SMILES string of the molecule is C#CN(C(=O)C(CCSC)NC(=O)OC(C)(C)C)C(C(=O)NCC(=O)OC)c1ccc(O)c(C)c1. The number of phenols is 1. The lowest BCUT2D eigenvalue weighted by molar-refractivity contribution is -0.142. The Morgan fingerprint density at radius 2 is 1.91 bits per heavy atom. The van der Waals surface area contributed by atoms with Gasteiger partial charge in [0.1, 0.15) is 30.0 Å². The maximum Gasteiger partial charge on any atom is 0.408 e. The Hall–Kier alpha value is -3.39. The minimum Gasteiger partial charge on any atom is -0.508 e. The molecule has 0 saturated heterocycles. The van der Waals surface area contributed by atoms with E-state index in [2.05, 4.69) is 21.4 Å². The van der Waals surface area contributed by atoms with Crippen molar-refractivity contribution < 1.29 is 33.8 Å². The zero-order chi connectivity index (χ0) is 26.8. The average Bonchev–Trinajstić information content (AvgIpc) is 2.78. The zero-order valence-electron chi connectivity index (χ0n) is 20.8. The molecule has 0 radical (unpaired) electrons. The molecule has 3 amide bonds. The Bertz CT molecular complexity index is 969. The standard InChI is InChI=1S/C24H33N3O7S/c1-8-27(22(31)17(11-12-35-7)26-23(32)34-24(3,4)5)20(21(30)25-14-19(29)33-6)16-9-10-18(28)15(2)13-16/h1,9-10,13,17,20,28H,11-12,14H2,2-7H3,(H,25,30)(H,26,32). The Balaban J connectivity index is 3.38. The first-order chi connectivity index (χ1) is 16.3. The van der Waals surface area contributed by atoms with E-state index in [0.29, 0.717) is 16.9 Å². The lowest BCUT2D eigenvalue weighted by atomic mass is 10.0.